The Morgan fingerprint density at radius 3 is 2.84 bits per heavy atom. The van der Waals surface area contributed by atoms with Gasteiger partial charge in [0, 0.05) is 10.9 Å². The summed E-state index contributed by atoms with van der Waals surface area (Å²) in [4.78, 5) is 15.7. The van der Waals surface area contributed by atoms with Crippen LogP contribution in [0.1, 0.15) is 6.92 Å². The van der Waals surface area contributed by atoms with Crippen molar-refractivity contribution in [3.05, 3.63) is 45.8 Å². The van der Waals surface area contributed by atoms with E-state index in [1.54, 1.807) is 25.1 Å². The molecule has 98 valence electrons. The van der Waals surface area contributed by atoms with Crippen LogP contribution in [-0.4, -0.2) is 10.9 Å². The maximum Gasteiger partial charge on any atom is 0.249 e. The standard InChI is InChI=1S/C13H10Cl2N2OS/c1-2-3-12(18)17-13-16-11(7-19-13)8-4-5-9(14)10(15)6-8/h2-7H,1H3,(H,16,17,18)/b3-2+. The van der Waals surface area contributed by atoms with Crippen LogP contribution < -0.4 is 5.32 Å². The van der Waals surface area contributed by atoms with E-state index in [2.05, 4.69) is 10.3 Å². The molecule has 1 aromatic heterocycles. The highest BCUT2D eigenvalue weighted by Gasteiger charge is 2.08. The second-order valence-corrected chi connectivity index (χ2v) is 5.33. The first-order valence-electron chi connectivity index (χ1n) is 5.45. The van der Waals surface area contributed by atoms with E-state index in [0.717, 1.165) is 11.3 Å². The van der Waals surface area contributed by atoms with E-state index in [4.69, 9.17) is 23.2 Å². The highest BCUT2D eigenvalue weighted by Crippen LogP contribution is 2.30. The SMILES string of the molecule is C/C=C/C(=O)Nc1nc(-c2ccc(Cl)c(Cl)c2)cs1. The second kappa shape index (κ2) is 6.19. The molecule has 0 atom stereocenters. The van der Waals surface area contributed by atoms with E-state index in [1.165, 1.54) is 17.4 Å². The van der Waals surface area contributed by atoms with Crippen LogP contribution in [0.15, 0.2) is 35.7 Å². The number of hydrogen-bond donors (Lipinski definition) is 1. The number of halogens is 2. The van der Waals surface area contributed by atoms with Gasteiger partial charge in [-0.15, -0.1) is 11.3 Å². The molecule has 3 nitrogen and oxygen atoms in total. The first-order chi connectivity index (χ1) is 9.10. The van der Waals surface area contributed by atoms with Gasteiger partial charge in [-0.25, -0.2) is 4.98 Å². The van der Waals surface area contributed by atoms with Gasteiger partial charge in [0.25, 0.3) is 0 Å². The van der Waals surface area contributed by atoms with E-state index in [1.807, 2.05) is 11.4 Å². The topological polar surface area (TPSA) is 42.0 Å². The number of carbonyl (C=O) groups excluding carboxylic acids is 1. The number of amides is 1. The number of allylic oxidation sites excluding steroid dienone is 1. The van der Waals surface area contributed by atoms with Crippen LogP contribution in [0.25, 0.3) is 11.3 Å². The molecule has 0 saturated carbocycles. The Hall–Kier alpha value is -1.36. The first-order valence-corrected chi connectivity index (χ1v) is 7.08. The average Bonchev–Trinajstić information content (AvgIpc) is 2.81. The summed E-state index contributed by atoms with van der Waals surface area (Å²) in [5, 5.41) is 6.06. The van der Waals surface area contributed by atoms with Gasteiger partial charge in [0.1, 0.15) is 0 Å². The molecule has 1 heterocycles. The van der Waals surface area contributed by atoms with Crippen molar-refractivity contribution < 1.29 is 4.79 Å². The van der Waals surface area contributed by atoms with Crippen molar-refractivity contribution in [1.82, 2.24) is 4.98 Å². The molecule has 0 aliphatic carbocycles. The summed E-state index contributed by atoms with van der Waals surface area (Å²) in [5.74, 6) is -0.197. The molecule has 0 saturated heterocycles. The van der Waals surface area contributed by atoms with E-state index in [9.17, 15) is 4.79 Å². The van der Waals surface area contributed by atoms with Crippen molar-refractivity contribution in [1.29, 1.82) is 0 Å². The van der Waals surface area contributed by atoms with Gasteiger partial charge in [-0.2, -0.15) is 0 Å². The molecule has 0 aliphatic heterocycles. The quantitative estimate of drug-likeness (QED) is 0.839. The Bertz CT molecular complexity index is 637. The number of nitrogens with one attached hydrogen (secondary N) is 1. The fourth-order valence-corrected chi connectivity index (χ4v) is 2.44. The van der Waals surface area contributed by atoms with Crippen molar-refractivity contribution in [2.24, 2.45) is 0 Å². The molecular formula is C13H10Cl2N2OS. The number of anilines is 1. The van der Waals surface area contributed by atoms with E-state index in [0.29, 0.717) is 15.2 Å². The molecule has 0 spiro atoms. The van der Waals surface area contributed by atoms with Gasteiger partial charge in [0.15, 0.2) is 5.13 Å². The molecule has 2 aromatic rings. The zero-order chi connectivity index (χ0) is 13.8. The van der Waals surface area contributed by atoms with Crippen LogP contribution in [0.5, 0.6) is 0 Å². The summed E-state index contributed by atoms with van der Waals surface area (Å²) < 4.78 is 0. The zero-order valence-corrected chi connectivity index (χ0v) is 12.3. The predicted octanol–water partition coefficient (Wildman–Crippen LogP) is 4.63. The summed E-state index contributed by atoms with van der Waals surface area (Å²) in [5.41, 5.74) is 1.61. The van der Waals surface area contributed by atoms with Gasteiger partial charge in [-0.05, 0) is 25.1 Å². The molecule has 2 rings (SSSR count). The molecule has 1 amide bonds. The van der Waals surface area contributed by atoms with Gasteiger partial charge in [-0.3, -0.25) is 10.1 Å². The van der Waals surface area contributed by atoms with E-state index in [-0.39, 0.29) is 5.91 Å². The smallest absolute Gasteiger partial charge is 0.249 e. The Morgan fingerprint density at radius 1 is 1.37 bits per heavy atom. The molecule has 19 heavy (non-hydrogen) atoms. The number of nitrogens with zero attached hydrogens (tertiary/aromatic N) is 1. The number of aromatic nitrogens is 1. The third kappa shape index (κ3) is 3.56. The van der Waals surface area contributed by atoms with Gasteiger partial charge in [0.05, 0.1) is 15.7 Å². The minimum atomic E-state index is -0.197. The van der Waals surface area contributed by atoms with Crippen LogP contribution in [0.3, 0.4) is 0 Å². The van der Waals surface area contributed by atoms with Gasteiger partial charge in [-0.1, -0.05) is 35.3 Å². The Balaban J connectivity index is 2.20. The molecule has 1 N–H and O–H groups in total. The predicted molar refractivity (Wildman–Crippen MR) is 81.0 cm³/mol. The highest BCUT2D eigenvalue weighted by molar-refractivity contribution is 7.14. The first kappa shape index (κ1) is 14.1. The van der Waals surface area contributed by atoms with Crippen molar-refractivity contribution >= 4 is 45.6 Å². The third-order valence-corrected chi connectivity index (χ3v) is 3.76. The summed E-state index contributed by atoms with van der Waals surface area (Å²) >= 11 is 13.2. The fourth-order valence-electron chi connectivity index (χ4n) is 1.42. The Kier molecular flexibility index (Phi) is 4.58. The van der Waals surface area contributed by atoms with Gasteiger partial charge in [0.2, 0.25) is 5.91 Å². The minimum Gasteiger partial charge on any atom is -0.298 e. The molecule has 0 aliphatic rings. The fraction of sp³-hybridized carbons (Fsp3) is 0.0769. The monoisotopic (exact) mass is 312 g/mol. The van der Waals surface area contributed by atoms with E-state index < -0.39 is 0 Å². The van der Waals surface area contributed by atoms with Crippen molar-refractivity contribution in [3.63, 3.8) is 0 Å². The molecule has 6 heteroatoms. The Morgan fingerprint density at radius 2 is 2.16 bits per heavy atom. The molecule has 1 aromatic carbocycles. The average molecular weight is 313 g/mol. The number of thiazole rings is 1. The number of hydrogen-bond acceptors (Lipinski definition) is 3. The van der Waals surface area contributed by atoms with E-state index >= 15 is 0 Å². The highest BCUT2D eigenvalue weighted by atomic mass is 35.5. The van der Waals surface area contributed by atoms with Gasteiger partial charge < -0.3 is 0 Å². The number of carbonyl (C=O) groups is 1. The van der Waals surface area contributed by atoms with Crippen LogP contribution >= 0.6 is 34.5 Å². The largest absolute Gasteiger partial charge is 0.298 e. The molecule has 0 fully saturated rings. The molecule has 0 radical (unpaired) electrons. The lowest BCUT2D eigenvalue weighted by molar-refractivity contribution is -0.111. The van der Waals surface area contributed by atoms with Crippen molar-refractivity contribution in [3.8, 4) is 11.3 Å². The zero-order valence-electron chi connectivity index (χ0n) is 9.98. The van der Waals surface area contributed by atoms with Crippen LogP contribution in [0, 0.1) is 0 Å². The Labute approximate surface area is 124 Å². The summed E-state index contributed by atoms with van der Waals surface area (Å²) in [6, 6.07) is 5.30. The molecular weight excluding hydrogens is 303 g/mol. The minimum absolute atomic E-state index is 0.197. The maximum atomic E-state index is 11.4. The third-order valence-electron chi connectivity index (χ3n) is 2.27. The van der Waals surface area contributed by atoms with Crippen LogP contribution in [-0.2, 0) is 4.79 Å². The summed E-state index contributed by atoms with van der Waals surface area (Å²) in [6.07, 6.45) is 3.11. The second-order valence-electron chi connectivity index (χ2n) is 3.66. The lowest BCUT2D eigenvalue weighted by Crippen LogP contribution is -2.07. The van der Waals surface area contributed by atoms with Crippen LogP contribution in [0.2, 0.25) is 10.0 Å². The maximum absolute atomic E-state index is 11.4. The lowest BCUT2D eigenvalue weighted by Gasteiger charge is -1.99. The van der Waals surface area contributed by atoms with Crippen molar-refractivity contribution in [2.45, 2.75) is 6.92 Å². The normalized spacial score (nSPS) is 10.9. The van der Waals surface area contributed by atoms with Gasteiger partial charge >= 0.3 is 0 Å². The molecule has 0 bridgehead atoms. The van der Waals surface area contributed by atoms with Crippen LogP contribution in [0.4, 0.5) is 5.13 Å². The molecule has 0 unspecified atom stereocenters. The number of benzene rings is 1. The number of rotatable bonds is 3. The lowest BCUT2D eigenvalue weighted by atomic mass is 10.2. The van der Waals surface area contributed by atoms with Crippen molar-refractivity contribution in [2.75, 3.05) is 5.32 Å². The summed E-state index contributed by atoms with van der Waals surface area (Å²) in [7, 11) is 0. The summed E-state index contributed by atoms with van der Waals surface area (Å²) in [6.45, 7) is 1.78.